The maximum absolute atomic E-state index is 6.13. The molecule has 0 bridgehead atoms. The molecule has 3 nitrogen and oxygen atoms in total. The predicted molar refractivity (Wildman–Crippen MR) is 106 cm³/mol. The molecule has 1 saturated heterocycles. The zero-order chi connectivity index (χ0) is 18.2. The second-order valence-corrected chi connectivity index (χ2v) is 7.30. The Hall–Kier alpha value is -2.17. The van der Waals surface area contributed by atoms with Gasteiger partial charge in [-0.3, -0.25) is 0 Å². The highest BCUT2D eigenvalue weighted by atomic mass is 16.7. The quantitative estimate of drug-likeness (QED) is 0.618. The van der Waals surface area contributed by atoms with Crippen LogP contribution in [0, 0.1) is 0 Å². The Balaban J connectivity index is 1.96. The number of fused-ring (bicyclic) bond motifs is 1. The van der Waals surface area contributed by atoms with Crippen molar-refractivity contribution < 1.29 is 9.31 Å². The number of hydrogen-bond acceptors (Lipinski definition) is 3. The van der Waals surface area contributed by atoms with Gasteiger partial charge < -0.3 is 9.31 Å². The van der Waals surface area contributed by atoms with E-state index in [1.807, 2.05) is 24.3 Å². The van der Waals surface area contributed by atoms with Crippen molar-refractivity contribution in [1.29, 1.82) is 0 Å². The number of rotatable bonds is 4. The van der Waals surface area contributed by atoms with Crippen LogP contribution in [-0.4, -0.2) is 23.3 Å². The number of hydrogen-bond donors (Lipinski definition) is 0. The Morgan fingerprint density at radius 2 is 1.72 bits per heavy atom. The Labute approximate surface area is 150 Å². The van der Waals surface area contributed by atoms with Gasteiger partial charge in [-0.25, -0.2) is 4.98 Å². The van der Waals surface area contributed by atoms with E-state index in [0.717, 1.165) is 27.6 Å². The highest BCUT2D eigenvalue weighted by Gasteiger charge is 2.51. The number of pyridine rings is 1. The average Bonchev–Trinajstić information content (AvgIpc) is 2.79. The van der Waals surface area contributed by atoms with Gasteiger partial charge in [-0.2, -0.15) is 0 Å². The summed E-state index contributed by atoms with van der Waals surface area (Å²) in [5.41, 5.74) is 3.07. The van der Waals surface area contributed by atoms with E-state index in [2.05, 4.69) is 53.0 Å². The summed E-state index contributed by atoms with van der Waals surface area (Å²) in [5, 5.41) is 1.05. The van der Waals surface area contributed by atoms with Crippen LogP contribution < -0.4 is 5.46 Å². The zero-order valence-corrected chi connectivity index (χ0v) is 15.4. The summed E-state index contributed by atoms with van der Waals surface area (Å²) in [4.78, 5) is 4.72. The van der Waals surface area contributed by atoms with Gasteiger partial charge in [0.1, 0.15) is 0 Å². The molecule has 2 heterocycles. The first kappa shape index (κ1) is 17.7. The van der Waals surface area contributed by atoms with Crippen molar-refractivity contribution in [2.45, 2.75) is 38.9 Å². The number of benzene rings is 1. The first-order chi connectivity index (χ1) is 11.8. The Morgan fingerprint density at radius 3 is 2.32 bits per heavy atom. The minimum absolute atomic E-state index is 0.344. The summed E-state index contributed by atoms with van der Waals surface area (Å²) in [6.45, 7) is 15.8. The monoisotopic (exact) mass is 333 g/mol. The van der Waals surface area contributed by atoms with Crippen LogP contribution in [0.4, 0.5) is 0 Å². The Bertz CT molecular complexity index is 851. The van der Waals surface area contributed by atoms with E-state index in [1.54, 1.807) is 12.2 Å². The number of nitrogens with zero attached hydrogens (tertiary/aromatic N) is 1. The SMILES string of the molecule is C=C/C=C(\C=C)c1ccc2cc(B3OC(C)(C)C(C)(C)O3)ccc2n1. The third-order valence-electron chi connectivity index (χ3n) is 5.05. The molecule has 1 aromatic heterocycles. The number of aromatic nitrogens is 1. The molecule has 0 N–H and O–H groups in total. The minimum atomic E-state index is -0.363. The van der Waals surface area contributed by atoms with E-state index in [-0.39, 0.29) is 18.3 Å². The fraction of sp³-hybridized carbons (Fsp3) is 0.286. The second kappa shape index (κ2) is 6.28. The zero-order valence-electron chi connectivity index (χ0n) is 15.4. The van der Waals surface area contributed by atoms with E-state index < -0.39 is 0 Å². The van der Waals surface area contributed by atoms with E-state index >= 15 is 0 Å². The molecule has 0 aliphatic carbocycles. The van der Waals surface area contributed by atoms with E-state index in [9.17, 15) is 0 Å². The third-order valence-corrected chi connectivity index (χ3v) is 5.05. The molecule has 1 aromatic carbocycles. The maximum atomic E-state index is 6.13. The van der Waals surface area contributed by atoms with Crippen molar-refractivity contribution in [2.24, 2.45) is 0 Å². The van der Waals surface area contributed by atoms with Gasteiger partial charge in [0.05, 0.1) is 22.4 Å². The van der Waals surface area contributed by atoms with Crippen LogP contribution in [0.5, 0.6) is 0 Å². The van der Waals surface area contributed by atoms with E-state index in [4.69, 9.17) is 14.3 Å². The smallest absolute Gasteiger partial charge is 0.399 e. The normalized spacial score (nSPS) is 19.2. The Kier molecular flexibility index (Phi) is 4.44. The molecule has 0 radical (unpaired) electrons. The molecule has 1 aliphatic heterocycles. The van der Waals surface area contributed by atoms with E-state index in [0.29, 0.717) is 0 Å². The summed E-state index contributed by atoms with van der Waals surface area (Å²) in [5.74, 6) is 0. The molecule has 2 aromatic rings. The molecule has 0 unspecified atom stereocenters. The second-order valence-electron chi connectivity index (χ2n) is 7.30. The molecule has 0 atom stereocenters. The van der Waals surface area contributed by atoms with Crippen molar-refractivity contribution in [3.8, 4) is 0 Å². The van der Waals surface area contributed by atoms with Crippen LogP contribution in [0.2, 0.25) is 0 Å². The standard InChI is InChI=1S/C21H24BNO2/c1-7-9-15(8-2)18-12-10-16-14-17(11-13-19(16)23-18)22-24-20(3,4)21(5,6)25-22/h7-14H,1-2H2,3-6H3/b15-9+. The van der Waals surface area contributed by atoms with Crippen LogP contribution in [0.15, 0.2) is 61.7 Å². The molecule has 4 heteroatoms. The summed E-state index contributed by atoms with van der Waals surface area (Å²) >= 11 is 0. The van der Waals surface area contributed by atoms with Crippen LogP contribution in [-0.2, 0) is 9.31 Å². The lowest BCUT2D eigenvalue weighted by molar-refractivity contribution is 0.00578. The molecule has 1 aliphatic rings. The molecule has 128 valence electrons. The van der Waals surface area contributed by atoms with Gasteiger partial charge in [-0.1, -0.05) is 49.6 Å². The fourth-order valence-electron chi connectivity index (χ4n) is 2.82. The average molecular weight is 333 g/mol. The number of allylic oxidation sites excluding steroid dienone is 4. The summed E-state index contributed by atoms with van der Waals surface area (Å²) in [7, 11) is -0.363. The molecular formula is C21H24BNO2. The van der Waals surface area contributed by atoms with Crippen LogP contribution >= 0.6 is 0 Å². The lowest BCUT2D eigenvalue weighted by atomic mass is 9.78. The first-order valence-electron chi connectivity index (χ1n) is 8.49. The topological polar surface area (TPSA) is 31.4 Å². The van der Waals surface area contributed by atoms with Gasteiger partial charge in [0.15, 0.2) is 0 Å². The third kappa shape index (κ3) is 3.20. The highest BCUT2D eigenvalue weighted by molar-refractivity contribution is 6.62. The fourth-order valence-corrected chi connectivity index (χ4v) is 2.82. The lowest BCUT2D eigenvalue weighted by Crippen LogP contribution is -2.41. The van der Waals surface area contributed by atoms with Crippen molar-refractivity contribution in [3.05, 3.63) is 67.4 Å². The van der Waals surface area contributed by atoms with Crippen LogP contribution in [0.1, 0.15) is 33.4 Å². The van der Waals surface area contributed by atoms with Crippen molar-refractivity contribution in [2.75, 3.05) is 0 Å². The predicted octanol–water partition coefficient (Wildman–Crippen LogP) is 4.29. The van der Waals surface area contributed by atoms with Crippen molar-refractivity contribution >= 4 is 29.1 Å². The van der Waals surface area contributed by atoms with E-state index in [1.165, 1.54) is 0 Å². The van der Waals surface area contributed by atoms with Gasteiger partial charge in [0.2, 0.25) is 0 Å². The minimum Gasteiger partial charge on any atom is -0.399 e. The molecule has 0 spiro atoms. The molecule has 3 rings (SSSR count). The molecule has 0 amide bonds. The first-order valence-corrected chi connectivity index (χ1v) is 8.49. The van der Waals surface area contributed by atoms with Gasteiger partial charge in [0, 0.05) is 0 Å². The lowest BCUT2D eigenvalue weighted by Gasteiger charge is -2.32. The van der Waals surface area contributed by atoms with Crippen molar-refractivity contribution in [1.82, 2.24) is 4.98 Å². The summed E-state index contributed by atoms with van der Waals surface area (Å²) in [6.07, 6.45) is 5.43. The van der Waals surface area contributed by atoms with Crippen molar-refractivity contribution in [3.63, 3.8) is 0 Å². The van der Waals surface area contributed by atoms with Crippen LogP contribution in [0.25, 0.3) is 16.5 Å². The van der Waals surface area contributed by atoms with Gasteiger partial charge >= 0.3 is 7.12 Å². The maximum Gasteiger partial charge on any atom is 0.494 e. The highest BCUT2D eigenvalue weighted by Crippen LogP contribution is 2.36. The molecule has 0 saturated carbocycles. The van der Waals surface area contributed by atoms with Gasteiger partial charge in [-0.15, -0.1) is 0 Å². The van der Waals surface area contributed by atoms with Gasteiger partial charge in [-0.05, 0) is 56.2 Å². The largest absolute Gasteiger partial charge is 0.494 e. The molecule has 1 fully saturated rings. The molecular weight excluding hydrogens is 309 g/mol. The summed E-state index contributed by atoms with van der Waals surface area (Å²) in [6, 6.07) is 10.2. The van der Waals surface area contributed by atoms with Crippen LogP contribution in [0.3, 0.4) is 0 Å². The Morgan fingerprint density at radius 1 is 1.04 bits per heavy atom. The molecule has 25 heavy (non-hydrogen) atoms. The summed E-state index contributed by atoms with van der Waals surface area (Å²) < 4.78 is 12.3. The van der Waals surface area contributed by atoms with Gasteiger partial charge in [0.25, 0.3) is 0 Å².